The molecule has 0 spiro atoms. The van der Waals surface area contributed by atoms with E-state index in [4.69, 9.17) is 0 Å². The minimum absolute atomic E-state index is 0.742. The van der Waals surface area contributed by atoms with Gasteiger partial charge in [0.25, 0.3) is 0 Å². The van der Waals surface area contributed by atoms with Gasteiger partial charge in [-0.15, -0.1) is 5.10 Å². The van der Waals surface area contributed by atoms with Crippen LogP contribution in [0.2, 0.25) is 0 Å². The van der Waals surface area contributed by atoms with Gasteiger partial charge < -0.3 is 5.32 Å². The highest BCUT2D eigenvalue weighted by Gasteiger charge is 2.03. The molecule has 0 bridgehead atoms. The lowest BCUT2D eigenvalue weighted by Gasteiger charge is -2.07. The van der Waals surface area contributed by atoms with E-state index in [1.54, 1.807) is 6.20 Å². The molecule has 1 N–H and O–H groups in total. The molecule has 0 unspecified atom stereocenters. The molecule has 4 heteroatoms. The predicted molar refractivity (Wildman–Crippen MR) is 38.7 cm³/mol. The fourth-order valence-electron chi connectivity index (χ4n) is 0.842. The standard InChI is InChI=1S/C6H6N4/c1-2-9-10-6-5(1)7-3-4-8-6/h1-3H,4H2,(H,8,10). The van der Waals surface area contributed by atoms with Crippen LogP contribution < -0.4 is 5.32 Å². The molecule has 1 aliphatic rings. The van der Waals surface area contributed by atoms with Crippen LogP contribution in [0.5, 0.6) is 0 Å². The molecule has 1 aliphatic heterocycles. The Balaban J connectivity index is 2.54. The van der Waals surface area contributed by atoms with Crippen molar-refractivity contribution in [3.8, 4) is 0 Å². The Bertz CT molecular complexity index is 268. The molecular formula is C6H6N4. The molecule has 0 fully saturated rings. The van der Waals surface area contributed by atoms with Crippen molar-refractivity contribution in [1.82, 2.24) is 10.2 Å². The Labute approximate surface area is 58.0 Å². The lowest BCUT2D eigenvalue weighted by atomic mass is 10.4. The minimum atomic E-state index is 0.742. The van der Waals surface area contributed by atoms with Gasteiger partial charge in [0.05, 0.1) is 12.7 Å². The van der Waals surface area contributed by atoms with Gasteiger partial charge in [-0.05, 0) is 6.07 Å². The van der Waals surface area contributed by atoms with E-state index < -0.39 is 0 Å². The first-order valence-electron chi connectivity index (χ1n) is 3.05. The number of rotatable bonds is 0. The molecule has 1 aromatic heterocycles. The quantitative estimate of drug-likeness (QED) is 0.565. The fraction of sp³-hybridized carbons (Fsp3) is 0.167. The molecular weight excluding hydrogens is 128 g/mol. The van der Waals surface area contributed by atoms with Crippen LogP contribution in [0.1, 0.15) is 0 Å². The first-order chi connectivity index (χ1) is 4.97. The number of hydrogen-bond donors (Lipinski definition) is 1. The summed E-state index contributed by atoms with van der Waals surface area (Å²) >= 11 is 0. The highest BCUT2D eigenvalue weighted by molar-refractivity contribution is 5.77. The van der Waals surface area contributed by atoms with Crippen LogP contribution in [0.15, 0.2) is 17.3 Å². The van der Waals surface area contributed by atoms with Crippen molar-refractivity contribution in [3.05, 3.63) is 12.3 Å². The van der Waals surface area contributed by atoms with Crippen LogP contribution in [0.3, 0.4) is 0 Å². The summed E-state index contributed by atoms with van der Waals surface area (Å²) in [5.41, 5.74) is 0.862. The van der Waals surface area contributed by atoms with Crippen molar-refractivity contribution < 1.29 is 0 Å². The van der Waals surface area contributed by atoms with E-state index in [9.17, 15) is 0 Å². The largest absolute Gasteiger partial charge is 0.362 e. The number of hydrogen-bond acceptors (Lipinski definition) is 4. The zero-order valence-corrected chi connectivity index (χ0v) is 5.28. The molecule has 0 saturated heterocycles. The summed E-state index contributed by atoms with van der Waals surface area (Å²) in [6.45, 7) is 0.742. The number of aromatic nitrogens is 2. The third-order valence-electron chi connectivity index (χ3n) is 1.29. The van der Waals surface area contributed by atoms with Crippen LogP contribution in [0, 0.1) is 0 Å². The van der Waals surface area contributed by atoms with Crippen molar-refractivity contribution in [2.45, 2.75) is 0 Å². The van der Waals surface area contributed by atoms with Gasteiger partial charge in [0.2, 0.25) is 0 Å². The van der Waals surface area contributed by atoms with Gasteiger partial charge in [0.15, 0.2) is 5.82 Å². The Hall–Kier alpha value is -1.45. The second-order valence-corrected chi connectivity index (χ2v) is 1.96. The second kappa shape index (κ2) is 2.06. The van der Waals surface area contributed by atoms with Crippen LogP contribution >= 0.6 is 0 Å². The van der Waals surface area contributed by atoms with E-state index in [1.165, 1.54) is 0 Å². The third kappa shape index (κ3) is 0.737. The van der Waals surface area contributed by atoms with Crippen molar-refractivity contribution >= 4 is 17.7 Å². The van der Waals surface area contributed by atoms with Gasteiger partial charge >= 0.3 is 0 Å². The van der Waals surface area contributed by atoms with Crippen LogP contribution in [-0.4, -0.2) is 23.0 Å². The molecule has 1 aromatic rings. The van der Waals surface area contributed by atoms with E-state index in [0.29, 0.717) is 0 Å². The summed E-state index contributed by atoms with van der Waals surface area (Å²) < 4.78 is 0. The van der Waals surface area contributed by atoms with E-state index >= 15 is 0 Å². The van der Waals surface area contributed by atoms with Gasteiger partial charge in [0, 0.05) is 6.21 Å². The first-order valence-corrected chi connectivity index (χ1v) is 3.05. The van der Waals surface area contributed by atoms with Crippen LogP contribution in [-0.2, 0) is 0 Å². The van der Waals surface area contributed by atoms with Crippen LogP contribution in [0.25, 0.3) is 0 Å². The number of aliphatic imine (C=N–C) groups is 1. The predicted octanol–water partition coefficient (Wildman–Crippen LogP) is 0.604. The van der Waals surface area contributed by atoms with Gasteiger partial charge in [-0.25, -0.2) is 0 Å². The van der Waals surface area contributed by atoms with Crippen molar-refractivity contribution in [3.63, 3.8) is 0 Å². The molecule has 0 atom stereocenters. The first kappa shape index (κ1) is 5.34. The summed E-state index contributed by atoms with van der Waals surface area (Å²) in [6, 6.07) is 1.82. The SMILES string of the molecule is C1=Nc2ccnnc2NC1. The number of anilines is 1. The fourth-order valence-corrected chi connectivity index (χ4v) is 0.842. The topological polar surface area (TPSA) is 50.2 Å². The van der Waals surface area contributed by atoms with Crippen molar-refractivity contribution in [2.24, 2.45) is 4.99 Å². The molecule has 2 rings (SSSR count). The molecule has 4 nitrogen and oxygen atoms in total. The van der Waals surface area contributed by atoms with Gasteiger partial charge in [-0.1, -0.05) is 0 Å². The number of nitrogens with zero attached hydrogens (tertiary/aromatic N) is 3. The maximum Gasteiger partial charge on any atom is 0.174 e. The lowest BCUT2D eigenvalue weighted by Crippen LogP contribution is -2.08. The Morgan fingerprint density at radius 2 is 2.50 bits per heavy atom. The average Bonchev–Trinajstić information content (AvgIpc) is 2.05. The van der Waals surface area contributed by atoms with Gasteiger partial charge in [-0.3, -0.25) is 4.99 Å². The molecule has 0 amide bonds. The maximum atomic E-state index is 4.10. The summed E-state index contributed by atoms with van der Waals surface area (Å²) in [5, 5.41) is 10.6. The van der Waals surface area contributed by atoms with E-state index in [2.05, 4.69) is 20.5 Å². The molecule has 0 radical (unpaired) electrons. The third-order valence-corrected chi connectivity index (χ3v) is 1.29. The Morgan fingerprint density at radius 1 is 1.50 bits per heavy atom. The van der Waals surface area contributed by atoms with E-state index in [1.807, 2.05) is 12.3 Å². The summed E-state index contributed by atoms with van der Waals surface area (Å²) in [4.78, 5) is 4.10. The normalized spacial score (nSPS) is 14.0. The molecule has 50 valence electrons. The maximum absolute atomic E-state index is 4.10. The summed E-state index contributed by atoms with van der Waals surface area (Å²) in [7, 11) is 0. The molecule has 0 saturated carbocycles. The summed E-state index contributed by atoms with van der Waals surface area (Å²) in [5.74, 6) is 0.769. The van der Waals surface area contributed by atoms with E-state index in [-0.39, 0.29) is 0 Å². The average molecular weight is 134 g/mol. The zero-order chi connectivity index (χ0) is 6.81. The van der Waals surface area contributed by atoms with E-state index in [0.717, 1.165) is 18.1 Å². The number of fused-ring (bicyclic) bond motifs is 1. The lowest BCUT2D eigenvalue weighted by molar-refractivity contribution is 1.02. The molecule has 0 aliphatic carbocycles. The minimum Gasteiger partial charge on any atom is -0.362 e. The van der Waals surface area contributed by atoms with Gasteiger partial charge in [0.1, 0.15) is 5.69 Å². The highest BCUT2D eigenvalue weighted by Crippen LogP contribution is 2.21. The molecule has 10 heavy (non-hydrogen) atoms. The number of nitrogens with one attached hydrogen (secondary N) is 1. The molecule has 2 heterocycles. The Kier molecular flexibility index (Phi) is 1.10. The smallest absolute Gasteiger partial charge is 0.174 e. The van der Waals surface area contributed by atoms with Crippen molar-refractivity contribution in [2.75, 3.05) is 11.9 Å². The second-order valence-electron chi connectivity index (χ2n) is 1.96. The zero-order valence-electron chi connectivity index (χ0n) is 5.28. The molecule has 0 aromatic carbocycles. The summed E-state index contributed by atoms with van der Waals surface area (Å²) in [6.07, 6.45) is 3.44. The van der Waals surface area contributed by atoms with Crippen LogP contribution in [0.4, 0.5) is 11.5 Å². The monoisotopic (exact) mass is 134 g/mol. The highest BCUT2D eigenvalue weighted by atomic mass is 15.2. The van der Waals surface area contributed by atoms with Gasteiger partial charge in [-0.2, -0.15) is 5.10 Å². The van der Waals surface area contributed by atoms with Crippen molar-refractivity contribution in [1.29, 1.82) is 0 Å². The Morgan fingerprint density at radius 3 is 3.40 bits per heavy atom.